The lowest BCUT2D eigenvalue weighted by atomic mass is 10.1. The molecule has 1 fully saturated rings. The van der Waals surface area contributed by atoms with Crippen LogP contribution in [0.1, 0.15) is 13.8 Å². The van der Waals surface area contributed by atoms with Crippen LogP contribution in [0, 0.1) is 0 Å². The first kappa shape index (κ1) is 12.5. The van der Waals surface area contributed by atoms with E-state index in [0.717, 1.165) is 26.6 Å². The number of rotatable bonds is 0. The standard InChI is InChI=1S/C6H13BN2.C2H4O2/c1-6-5-9(7)4-3-8(6)2;1-2(3)4/h6H,3-5H2,1-2H3;1H3,(H,3,4). The molecule has 1 heterocycles. The highest BCUT2D eigenvalue weighted by atomic mass is 16.4. The summed E-state index contributed by atoms with van der Waals surface area (Å²) in [6.07, 6.45) is 0. The van der Waals surface area contributed by atoms with Crippen molar-refractivity contribution in [1.29, 1.82) is 0 Å². The molecule has 1 aliphatic rings. The van der Waals surface area contributed by atoms with Gasteiger partial charge >= 0.3 is 0 Å². The van der Waals surface area contributed by atoms with Crippen LogP contribution in [-0.2, 0) is 4.79 Å². The van der Waals surface area contributed by atoms with E-state index in [9.17, 15) is 0 Å². The van der Waals surface area contributed by atoms with E-state index in [-0.39, 0.29) is 0 Å². The van der Waals surface area contributed by atoms with Crippen LogP contribution in [0.25, 0.3) is 0 Å². The molecule has 0 aliphatic carbocycles. The maximum absolute atomic E-state index is 9.00. The van der Waals surface area contributed by atoms with Crippen LogP contribution in [0.2, 0.25) is 0 Å². The van der Waals surface area contributed by atoms with E-state index in [1.54, 1.807) is 0 Å². The monoisotopic (exact) mass is 184 g/mol. The van der Waals surface area contributed by atoms with Gasteiger partial charge in [0, 0.05) is 26.1 Å². The fourth-order valence-corrected chi connectivity index (χ4v) is 1.08. The SMILES string of the molecule is CC(=O)O.[B]N1CCN(C)C(C)C1. The molecule has 1 N–H and O–H groups in total. The summed E-state index contributed by atoms with van der Waals surface area (Å²) in [6, 6.07) is 0.615. The topological polar surface area (TPSA) is 43.8 Å². The Kier molecular flexibility index (Phi) is 5.74. The fraction of sp³-hybridized carbons (Fsp3) is 0.875. The van der Waals surface area contributed by atoms with Crippen molar-refractivity contribution in [1.82, 2.24) is 9.71 Å². The highest BCUT2D eigenvalue weighted by Gasteiger charge is 2.16. The van der Waals surface area contributed by atoms with Crippen LogP contribution in [0.15, 0.2) is 0 Å². The molecule has 0 aromatic carbocycles. The van der Waals surface area contributed by atoms with Gasteiger partial charge in [-0.1, -0.05) is 0 Å². The third-order valence-corrected chi connectivity index (χ3v) is 1.99. The van der Waals surface area contributed by atoms with E-state index in [1.807, 2.05) is 4.81 Å². The van der Waals surface area contributed by atoms with Crippen LogP contribution < -0.4 is 0 Å². The van der Waals surface area contributed by atoms with Crippen LogP contribution in [-0.4, -0.2) is 61.5 Å². The largest absolute Gasteiger partial charge is 0.481 e. The number of aliphatic carboxylic acids is 1. The van der Waals surface area contributed by atoms with E-state index in [4.69, 9.17) is 17.9 Å². The molecular formula is C8H17BN2O2. The third-order valence-electron chi connectivity index (χ3n) is 1.99. The lowest BCUT2D eigenvalue weighted by Crippen LogP contribution is -2.48. The number of piperazine rings is 1. The van der Waals surface area contributed by atoms with Gasteiger partial charge in [0.2, 0.25) is 0 Å². The van der Waals surface area contributed by atoms with E-state index >= 15 is 0 Å². The van der Waals surface area contributed by atoms with Crippen molar-refractivity contribution in [3.63, 3.8) is 0 Å². The number of hydrogen-bond donors (Lipinski definition) is 1. The molecule has 0 bridgehead atoms. The van der Waals surface area contributed by atoms with Crippen molar-refractivity contribution in [2.75, 3.05) is 26.7 Å². The Morgan fingerprint density at radius 2 is 2.00 bits per heavy atom. The third kappa shape index (κ3) is 6.60. The van der Waals surface area contributed by atoms with Crippen LogP contribution in [0.4, 0.5) is 0 Å². The summed E-state index contributed by atoms with van der Waals surface area (Å²) in [5.74, 6) is -0.833. The zero-order chi connectivity index (χ0) is 10.4. The molecule has 0 aromatic heterocycles. The zero-order valence-electron chi connectivity index (χ0n) is 8.53. The quantitative estimate of drug-likeness (QED) is 0.529. The van der Waals surface area contributed by atoms with Gasteiger partial charge < -0.3 is 14.8 Å². The van der Waals surface area contributed by atoms with Gasteiger partial charge in [0.15, 0.2) is 7.98 Å². The molecule has 5 heteroatoms. The highest BCUT2D eigenvalue weighted by Crippen LogP contribution is 2.02. The average molecular weight is 184 g/mol. The number of carboxylic acids is 1. The maximum atomic E-state index is 9.00. The molecule has 0 aromatic rings. The van der Waals surface area contributed by atoms with Gasteiger partial charge in [0.25, 0.3) is 5.97 Å². The van der Waals surface area contributed by atoms with Crippen molar-refractivity contribution < 1.29 is 9.90 Å². The molecule has 1 aliphatic heterocycles. The molecular weight excluding hydrogens is 167 g/mol. The predicted octanol–water partition coefficient (Wildman–Crippen LogP) is -0.203. The Morgan fingerprint density at radius 1 is 1.54 bits per heavy atom. The molecule has 1 atom stereocenters. The number of nitrogens with zero attached hydrogens (tertiary/aromatic N) is 2. The van der Waals surface area contributed by atoms with Gasteiger partial charge in [-0.2, -0.15) is 0 Å². The lowest BCUT2D eigenvalue weighted by molar-refractivity contribution is -0.134. The summed E-state index contributed by atoms with van der Waals surface area (Å²) >= 11 is 0. The number of carbonyl (C=O) groups is 1. The minimum absolute atomic E-state index is 0.615. The molecule has 13 heavy (non-hydrogen) atoms. The number of likely N-dealkylation sites (N-methyl/N-ethyl adjacent to an activating group) is 1. The predicted molar refractivity (Wildman–Crippen MR) is 52.7 cm³/mol. The maximum Gasteiger partial charge on any atom is 0.300 e. The second-order valence-electron chi connectivity index (χ2n) is 3.34. The summed E-state index contributed by atoms with van der Waals surface area (Å²) in [4.78, 5) is 13.2. The molecule has 2 radical (unpaired) electrons. The van der Waals surface area contributed by atoms with Crippen LogP contribution in [0.3, 0.4) is 0 Å². The first-order valence-corrected chi connectivity index (χ1v) is 4.33. The molecule has 0 spiro atoms. The Hall–Kier alpha value is -0.545. The Balaban J connectivity index is 0.000000310. The molecule has 1 saturated heterocycles. The Morgan fingerprint density at radius 3 is 2.31 bits per heavy atom. The first-order chi connectivity index (χ1) is 5.93. The van der Waals surface area contributed by atoms with Crippen molar-refractivity contribution in [3.05, 3.63) is 0 Å². The van der Waals surface area contributed by atoms with Gasteiger partial charge in [0.1, 0.15) is 0 Å². The van der Waals surface area contributed by atoms with E-state index in [0.29, 0.717) is 6.04 Å². The van der Waals surface area contributed by atoms with Gasteiger partial charge in [0.05, 0.1) is 0 Å². The van der Waals surface area contributed by atoms with Crippen molar-refractivity contribution in [2.24, 2.45) is 0 Å². The minimum Gasteiger partial charge on any atom is -0.481 e. The summed E-state index contributed by atoms with van der Waals surface area (Å²) < 4.78 is 0. The van der Waals surface area contributed by atoms with E-state index < -0.39 is 5.97 Å². The summed E-state index contributed by atoms with van der Waals surface area (Å²) in [6.45, 7) is 6.37. The molecule has 1 unspecified atom stereocenters. The van der Waals surface area contributed by atoms with Crippen LogP contribution >= 0.6 is 0 Å². The Labute approximate surface area is 80.9 Å². The zero-order valence-corrected chi connectivity index (χ0v) is 8.53. The van der Waals surface area contributed by atoms with Gasteiger partial charge in [-0.3, -0.25) is 4.79 Å². The van der Waals surface area contributed by atoms with Gasteiger partial charge in [-0.25, -0.2) is 0 Å². The Bertz CT molecular complexity index is 162. The average Bonchev–Trinajstić information content (AvgIpc) is 1.96. The second kappa shape index (κ2) is 5.99. The minimum atomic E-state index is -0.833. The smallest absolute Gasteiger partial charge is 0.300 e. The molecule has 74 valence electrons. The van der Waals surface area contributed by atoms with Crippen LogP contribution in [0.5, 0.6) is 0 Å². The van der Waals surface area contributed by atoms with Gasteiger partial charge in [-0.15, -0.1) is 0 Å². The molecule has 4 nitrogen and oxygen atoms in total. The van der Waals surface area contributed by atoms with Crippen molar-refractivity contribution in [2.45, 2.75) is 19.9 Å². The van der Waals surface area contributed by atoms with E-state index in [1.165, 1.54) is 0 Å². The number of hydrogen-bond acceptors (Lipinski definition) is 3. The van der Waals surface area contributed by atoms with Crippen molar-refractivity contribution >= 4 is 14.0 Å². The second-order valence-corrected chi connectivity index (χ2v) is 3.34. The summed E-state index contributed by atoms with van der Waals surface area (Å²) in [5, 5.41) is 7.42. The molecule has 0 amide bonds. The van der Waals surface area contributed by atoms with Gasteiger partial charge in [-0.05, 0) is 20.5 Å². The first-order valence-electron chi connectivity index (χ1n) is 4.33. The summed E-state index contributed by atoms with van der Waals surface area (Å²) in [5.41, 5.74) is 0. The van der Waals surface area contributed by atoms with Crippen molar-refractivity contribution in [3.8, 4) is 0 Å². The highest BCUT2D eigenvalue weighted by molar-refractivity contribution is 6.04. The normalized spacial score (nSPS) is 24.7. The molecule has 0 saturated carbocycles. The fourth-order valence-electron chi connectivity index (χ4n) is 1.08. The lowest BCUT2D eigenvalue weighted by Gasteiger charge is -2.35. The molecule has 1 rings (SSSR count). The summed E-state index contributed by atoms with van der Waals surface area (Å²) in [7, 11) is 7.73. The number of carboxylic acid groups (broad SMARTS) is 1. The van der Waals surface area contributed by atoms with E-state index in [2.05, 4.69) is 18.9 Å².